The summed E-state index contributed by atoms with van der Waals surface area (Å²) in [5, 5.41) is 11.0. The molecular weight excluding hydrogens is 440 g/mol. The lowest BCUT2D eigenvalue weighted by Gasteiger charge is -2.19. The van der Waals surface area contributed by atoms with E-state index in [1.165, 1.54) is 29.2 Å². The molecule has 0 radical (unpaired) electrons. The predicted molar refractivity (Wildman–Crippen MR) is 122 cm³/mol. The van der Waals surface area contributed by atoms with Crippen molar-refractivity contribution in [2.45, 2.75) is 34.9 Å². The Morgan fingerprint density at radius 1 is 1.17 bits per heavy atom. The van der Waals surface area contributed by atoms with Crippen molar-refractivity contribution < 1.29 is 13.2 Å². The topological polar surface area (TPSA) is 92.3 Å². The number of hydrogen-bond acceptors (Lipinski definition) is 7. The van der Waals surface area contributed by atoms with Crippen LogP contribution in [-0.4, -0.2) is 47.7 Å². The highest BCUT2D eigenvalue weighted by Gasteiger charge is 2.24. The highest BCUT2D eigenvalue weighted by molar-refractivity contribution is 8.01. The van der Waals surface area contributed by atoms with Gasteiger partial charge in [0, 0.05) is 24.9 Å². The van der Waals surface area contributed by atoms with Crippen LogP contribution in [0.4, 0.5) is 5.13 Å². The number of aromatic nitrogens is 2. The summed E-state index contributed by atoms with van der Waals surface area (Å²) in [4.78, 5) is 12.4. The molecular formula is C20H24N4O3S3. The molecule has 1 saturated heterocycles. The maximum absolute atomic E-state index is 12.8. The van der Waals surface area contributed by atoms with Gasteiger partial charge in [-0.1, -0.05) is 54.1 Å². The molecule has 3 rings (SSSR count). The third-order valence-corrected chi connectivity index (χ3v) is 8.35. The summed E-state index contributed by atoms with van der Waals surface area (Å²) in [6.07, 6.45) is 8.74. The molecule has 2 heterocycles. The fourth-order valence-corrected chi connectivity index (χ4v) is 5.98. The van der Waals surface area contributed by atoms with Crippen LogP contribution in [0.3, 0.4) is 0 Å². The Balaban J connectivity index is 1.59. The van der Waals surface area contributed by atoms with Gasteiger partial charge in [-0.25, -0.2) is 8.42 Å². The van der Waals surface area contributed by atoms with Crippen LogP contribution in [0.1, 0.15) is 31.2 Å². The lowest BCUT2D eigenvalue weighted by Crippen LogP contribution is -2.31. The first-order chi connectivity index (χ1) is 14.5. The third kappa shape index (κ3) is 6.24. The number of carbonyl (C=O) groups is 1. The molecule has 1 N–H and O–H groups in total. The molecule has 1 aliphatic rings. The van der Waals surface area contributed by atoms with Crippen LogP contribution < -0.4 is 5.32 Å². The summed E-state index contributed by atoms with van der Waals surface area (Å²) in [6, 6.07) is 6.57. The zero-order valence-electron chi connectivity index (χ0n) is 16.5. The van der Waals surface area contributed by atoms with Gasteiger partial charge in [-0.05, 0) is 36.6 Å². The molecule has 0 saturated carbocycles. The minimum absolute atomic E-state index is 0.282. The zero-order chi connectivity index (χ0) is 21.4. The Hall–Kier alpha value is -2.01. The average molecular weight is 465 g/mol. The molecule has 0 bridgehead atoms. The molecule has 2 aromatic rings. The summed E-state index contributed by atoms with van der Waals surface area (Å²) in [6.45, 7) is 4.80. The molecule has 7 nitrogen and oxygen atoms in total. The van der Waals surface area contributed by atoms with Crippen LogP contribution in [0.25, 0.3) is 6.08 Å². The van der Waals surface area contributed by atoms with Gasteiger partial charge in [-0.15, -0.1) is 16.8 Å². The first-order valence-electron chi connectivity index (χ1n) is 9.65. The second kappa shape index (κ2) is 10.9. The summed E-state index contributed by atoms with van der Waals surface area (Å²) in [5.74, 6) is 0.402. The van der Waals surface area contributed by atoms with Gasteiger partial charge in [0.25, 0.3) is 0 Å². The van der Waals surface area contributed by atoms with Crippen LogP contribution in [-0.2, 0) is 14.8 Å². The Kier molecular flexibility index (Phi) is 8.20. The number of amides is 1. The zero-order valence-corrected chi connectivity index (χ0v) is 18.9. The molecule has 1 aromatic carbocycles. The van der Waals surface area contributed by atoms with E-state index in [0.29, 0.717) is 18.2 Å². The van der Waals surface area contributed by atoms with E-state index in [1.54, 1.807) is 40.7 Å². The van der Waals surface area contributed by atoms with Crippen molar-refractivity contribution >= 4 is 50.2 Å². The first-order valence-corrected chi connectivity index (χ1v) is 12.9. The van der Waals surface area contributed by atoms with Crippen molar-refractivity contribution in [2.24, 2.45) is 0 Å². The van der Waals surface area contributed by atoms with E-state index >= 15 is 0 Å². The van der Waals surface area contributed by atoms with Crippen molar-refractivity contribution in [1.82, 2.24) is 14.5 Å². The van der Waals surface area contributed by atoms with Crippen molar-refractivity contribution in [3.05, 3.63) is 48.6 Å². The molecule has 0 aliphatic carbocycles. The van der Waals surface area contributed by atoms with Gasteiger partial charge in [0.05, 0.1) is 4.90 Å². The lowest BCUT2D eigenvalue weighted by atomic mass is 10.2. The van der Waals surface area contributed by atoms with E-state index in [0.717, 1.165) is 41.3 Å². The predicted octanol–water partition coefficient (Wildman–Crippen LogP) is 4.03. The number of hydrogen-bond donors (Lipinski definition) is 1. The minimum Gasteiger partial charge on any atom is -0.297 e. The van der Waals surface area contributed by atoms with Crippen molar-refractivity contribution in [1.29, 1.82) is 0 Å². The molecule has 10 heteroatoms. The third-order valence-electron chi connectivity index (χ3n) is 4.47. The first kappa shape index (κ1) is 22.7. The number of nitrogens with one attached hydrogen (secondary N) is 1. The van der Waals surface area contributed by atoms with E-state index in [-0.39, 0.29) is 10.8 Å². The molecule has 1 fully saturated rings. The largest absolute Gasteiger partial charge is 0.297 e. The van der Waals surface area contributed by atoms with E-state index < -0.39 is 10.0 Å². The quantitative estimate of drug-likeness (QED) is 0.274. The maximum Gasteiger partial charge on any atom is 0.250 e. The maximum atomic E-state index is 12.8. The standard InChI is InChI=1S/C20H24N4O3S3/c1-2-15-28-20-23-22-19(29-20)21-18(25)12-9-16-7-10-17(11-8-16)30(26,27)24-13-5-3-4-6-14-24/h2,7-12H,1,3-6,13-15H2,(H,21,22,25)/b12-9+. The van der Waals surface area contributed by atoms with Gasteiger partial charge in [0.2, 0.25) is 21.1 Å². The molecule has 1 amide bonds. The number of sulfonamides is 1. The number of nitrogens with zero attached hydrogens (tertiary/aromatic N) is 3. The fraction of sp³-hybridized carbons (Fsp3) is 0.350. The second-order valence-corrected chi connectivity index (χ2v) is 10.9. The fourth-order valence-electron chi connectivity index (χ4n) is 2.95. The summed E-state index contributed by atoms with van der Waals surface area (Å²) in [5.41, 5.74) is 0.736. The number of benzene rings is 1. The van der Waals surface area contributed by atoms with Gasteiger partial charge in [0.15, 0.2) is 4.34 Å². The molecule has 0 unspecified atom stereocenters. The number of thioether (sulfide) groups is 1. The molecule has 1 aliphatic heterocycles. The SMILES string of the molecule is C=CCSc1nnc(NC(=O)/C=C/c2ccc(S(=O)(=O)N3CCCCCC3)cc2)s1. The van der Waals surface area contributed by atoms with Crippen LogP contribution in [0.2, 0.25) is 0 Å². The van der Waals surface area contributed by atoms with Crippen LogP contribution in [0, 0.1) is 0 Å². The van der Waals surface area contributed by atoms with Gasteiger partial charge >= 0.3 is 0 Å². The summed E-state index contributed by atoms with van der Waals surface area (Å²) in [7, 11) is -3.47. The van der Waals surface area contributed by atoms with E-state index in [4.69, 9.17) is 0 Å². The molecule has 0 spiro atoms. The number of carbonyl (C=O) groups excluding carboxylic acids is 1. The van der Waals surface area contributed by atoms with Crippen molar-refractivity contribution in [3.8, 4) is 0 Å². The summed E-state index contributed by atoms with van der Waals surface area (Å²) >= 11 is 2.80. The monoisotopic (exact) mass is 464 g/mol. The van der Waals surface area contributed by atoms with Crippen LogP contribution >= 0.6 is 23.1 Å². The Bertz CT molecular complexity index is 993. The highest BCUT2D eigenvalue weighted by atomic mass is 32.2. The minimum atomic E-state index is -3.47. The van der Waals surface area contributed by atoms with E-state index in [2.05, 4.69) is 22.1 Å². The van der Waals surface area contributed by atoms with E-state index in [1.807, 2.05) is 0 Å². The molecule has 160 valence electrons. The van der Waals surface area contributed by atoms with Crippen molar-refractivity contribution in [2.75, 3.05) is 24.2 Å². The highest BCUT2D eigenvalue weighted by Crippen LogP contribution is 2.25. The lowest BCUT2D eigenvalue weighted by molar-refractivity contribution is -0.111. The van der Waals surface area contributed by atoms with E-state index in [9.17, 15) is 13.2 Å². The van der Waals surface area contributed by atoms with Gasteiger partial charge < -0.3 is 0 Å². The molecule has 30 heavy (non-hydrogen) atoms. The Morgan fingerprint density at radius 3 is 2.53 bits per heavy atom. The summed E-state index contributed by atoms with van der Waals surface area (Å²) < 4.78 is 28.0. The molecule has 1 aromatic heterocycles. The smallest absolute Gasteiger partial charge is 0.250 e. The average Bonchev–Trinajstić information content (AvgIpc) is 3.00. The van der Waals surface area contributed by atoms with Crippen LogP contribution in [0.15, 0.2) is 52.2 Å². The Labute approximate surface area is 185 Å². The number of rotatable bonds is 8. The van der Waals surface area contributed by atoms with Crippen LogP contribution in [0.5, 0.6) is 0 Å². The van der Waals surface area contributed by atoms with Gasteiger partial charge in [-0.2, -0.15) is 4.31 Å². The van der Waals surface area contributed by atoms with Gasteiger partial charge in [-0.3, -0.25) is 10.1 Å². The Morgan fingerprint density at radius 2 is 1.87 bits per heavy atom. The number of anilines is 1. The normalized spacial score (nSPS) is 15.7. The molecule has 0 atom stereocenters. The van der Waals surface area contributed by atoms with Gasteiger partial charge in [0.1, 0.15) is 0 Å². The second-order valence-electron chi connectivity index (χ2n) is 6.68. The van der Waals surface area contributed by atoms with Crippen molar-refractivity contribution in [3.63, 3.8) is 0 Å².